The number of hydrogen-bond donors (Lipinski definition) is 2. The molecule has 6 heteroatoms. The molecule has 0 saturated carbocycles. The zero-order chi connectivity index (χ0) is 12.3. The molecule has 88 valence electrons. The van der Waals surface area contributed by atoms with Crippen LogP contribution in [-0.4, -0.2) is 31.7 Å². The Morgan fingerprint density at radius 3 is 2.56 bits per heavy atom. The van der Waals surface area contributed by atoms with Crippen LogP contribution in [0, 0.1) is 0 Å². The molecule has 0 spiro atoms. The van der Waals surface area contributed by atoms with Gasteiger partial charge in [-0.3, -0.25) is 4.79 Å². The van der Waals surface area contributed by atoms with E-state index in [1.807, 2.05) is 0 Å². The molecule has 0 heterocycles. The Bertz CT molecular complexity index is 420. The molecule has 0 unspecified atom stereocenters. The smallest absolute Gasteiger partial charge is 0.203 e. The minimum atomic E-state index is -0.384. The van der Waals surface area contributed by atoms with Gasteiger partial charge in [-0.15, -0.1) is 0 Å². The maximum atomic E-state index is 11.5. The number of methoxy groups -OCH3 is 2. The van der Waals surface area contributed by atoms with E-state index in [0.717, 1.165) is 0 Å². The topological polar surface area (TPSA) is 81.8 Å². The third-order valence-electron chi connectivity index (χ3n) is 2.06. The minimum absolute atomic E-state index is 0.0974. The molecule has 16 heavy (non-hydrogen) atoms. The fraction of sp³-hybridized carbons (Fsp3) is 0.300. The highest BCUT2D eigenvalue weighted by Crippen LogP contribution is 2.43. The summed E-state index contributed by atoms with van der Waals surface area (Å²) in [6.45, 7) is -0.193. The first kappa shape index (κ1) is 12.8. The van der Waals surface area contributed by atoms with Crippen LogP contribution in [0.15, 0.2) is 10.5 Å². The van der Waals surface area contributed by atoms with Gasteiger partial charge in [0.1, 0.15) is 0 Å². The standard InChI is InChI=1S/C10H12BrNO4/c1-15-7-3-5(11)8(6(13)4-12)9(14)10(7)16-2/h3,14H,4,12H2,1-2H3. The summed E-state index contributed by atoms with van der Waals surface area (Å²) < 4.78 is 10.4. The minimum Gasteiger partial charge on any atom is -0.504 e. The van der Waals surface area contributed by atoms with E-state index in [9.17, 15) is 9.90 Å². The number of phenols is 1. The Morgan fingerprint density at radius 2 is 2.12 bits per heavy atom. The van der Waals surface area contributed by atoms with Gasteiger partial charge in [0.2, 0.25) is 5.75 Å². The molecule has 5 nitrogen and oxygen atoms in total. The second-order valence-corrected chi connectivity index (χ2v) is 3.80. The molecule has 1 aromatic carbocycles. The lowest BCUT2D eigenvalue weighted by molar-refractivity contribution is 0.0997. The number of nitrogens with two attached hydrogens (primary N) is 1. The van der Waals surface area contributed by atoms with Gasteiger partial charge in [-0.05, 0) is 22.0 Å². The molecule has 0 aliphatic carbocycles. The van der Waals surface area contributed by atoms with Gasteiger partial charge in [0.15, 0.2) is 17.3 Å². The molecular formula is C10H12BrNO4. The van der Waals surface area contributed by atoms with E-state index in [1.54, 1.807) is 6.07 Å². The summed E-state index contributed by atoms with van der Waals surface area (Å²) in [5.74, 6) is -0.211. The quantitative estimate of drug-likeness (QED) is 0.817. The Morgan fingerprint density at radius 1 is 1.50 bits per heavy atom. The van der Waals surface area contributed by atoms with E-state index < -0.39 is 0 Å². The second-order valence-electron chi connectivity index (χ2n) is 2.94. The molecule has 0 radical (unpaired) electrons. The van der Waals surface area contributed by atoms with E-state index in [1.165, 1.54) is 14.2 Å². The van der Waals surface area contributed by atoms with E-state index in [2.05, 4.69) is 15.9 Å². The van der Waals surface area contributed by atoms with Gasteiger partial charge >= 0.3 is 0 Å². The van der Waals surface area contributed by atoms with Gasteiger partial charge in [-0.25, -0.2) is 0 Å². The van der Waals surface area contributed by atoms with Crippen molar-refractivity contribution in [2.75, 3.05) is 20.8 Å². The number of benzene rings is 1. The number of aromatic hydroxyl groups is 1. The van der Waals surface area contributed by atoms with Crippen LogP contribution in [0.4, 0.5) is 0 Å². The maximum absolute atomic E-state index is 11.5. The zero-order valence-corrected chi connectivity index (χ0v) is 10.5. The van der Waals surface area contributed by atoms with Crippen LogP contribution in [0.2, 0.25) is 0 Å². The molecule has 1 aromatic rings. The fourth-order valence-corrected chi connectivity index (χ4v) is 1.93. The van der Waals surface area contributed by atoms with Crippen molar-refractivity contribution < 1.29 is 19.4 Å². The first-order valence-corrected chi connectivity index (χ1v) is 5.22. The lowest BCUT2D eigenvalue weighted by Gasteiger charge is -2.13. The van der Waals surface area contributed by atoms with E-state index >= 15 is 0 Å². The SMILES string of the molecule is COc1cc(Br)c(C(=O)CN)c(O)c1OC. The first-order valence-electron chi connectivity index (χ1n) is 4.43. The van der Waals surface area contributed by atoms with Crippen LogP contribution in [0.3, 0.4) is 0 Å². The van der Waals surface area contributed by atoms with Gasteiger partial charge in [0.05, 0.1) is 26.3 Å². The molecular weight excluding hydrogens is 278 g/mol. The monoisotopic (exact) mass is 289 g/mol. The summed E-state index contributed by atoms with van der Waals surface area (Å²) in [6.07, 6.45) is 0. The summed E-state index contributed by atoms with van der Waals surface area (Å²) >= 11 is 3.17. The number of hydrogen-bond acceptors (Lipinski definition) is 5. The van der Waals surface area contributed by atoms with Gasteiger partial charge in [0.25, 0.3) is 0 Å². The molecule has 0 saturated heterocycles. The molecule has 0 amide bonds. The van der Waals surface area contributed by atoms with Crippen LogP contribution in [0.25, 0.3) is 0 Å². The highest BCUT2D eigenvalue weighted by molar-refractivity contribution is 9.10. The average Bonchev–Trinajstić information content (AvgIpc) is 2.27. The largest absolute Gasteiger partial charge is 0.504 e. The zero-order valence-electron chi connectivity index (χ0n) is 8.91. The van der Waals surface area contributed by atoms with Crippen molar-refractivity contribution in [2.24, 2.45) is 5.73 Å². The summed E-state index contributed by atoms with van der Waals surface area (Å²) in [6, 6.07) is 1.54. The lowest BCUT2D eigenvalue weighted by atomic mass is 10.1. The van der Waals surface area contributed by atoms with Crippen molar-refractivity contribution in [3.63, 3.8) is 0 Å². The Kier molecular flexibility index (Phi) is 4.14. The molecule has 0 aliphatic rings. The highest BCUT2D eigenvalue weighted by Gasteiger charge is 2.22. The summed E-state index contributed by atoms with van der Waals surface area (Å²) in [7, 11) is 2.82. The van der Waals surface area contributed by atoms with Crippen LogP contribution < -0.4 is 15.2 Å². The second kappa shape index (κ2) is 5.18. The van der Waals surface area contributed by atoms with Crippen molar-refractivity contribution >= 4 is 21.7 Å². The lowest BCUT2D eigenvalue weighted by Crippen LogP contribution is -2.14. The maximum Gasteiger partial charge on any atom is 0.203 e. The highest BCUT2D eigenvalue weighted by atomic mass is 79.9. The fourth-order valence-electron chi connectivity index (χ4n) is 1.31. The third-order valence-corrected chi connectivity index (χ3v) is 2.69. The number of ketones is 1. The normalized spacial score (nSPS) is 10.0. The Labute approximate surface area is 101 Å². The molecule has 1 rings (SSSR count). The number of phenolic OH excluding ortho intramolecular Hbond substituents is 1. The van der Waals surface area contributed by atoms with Crippen LogP contribution in [0.1, 0.15) is 10.4 Å². The van der Waals surface area contributed by atoms with Gasteiger partial charge in [-0.2, -0.15) is 0 Å². The number of rotatable bonds is 4. The van der Waals surface area contributed by atoms with Crippen molar-refractivity contribution in [1.82, 2.24) is 0 Å². The van der Waals surface area contributed by atoms with Crippen molar-refractivity contribution in [3.05, 3.63) is 16.1 Å². The summed E-state index contributed by atoms with van der Waals surface area (Å²) in [4.78, 5) is 11.5. The first-order chi connectivity index (χ1) is 7.56. The Hall–Kier alpha value is -1.27. The van der Waals surface area contributed by atoms with Crippen molar-refractivity contribution in [1.29, 1.82) is 0 Å². The average molecular weight is 290 g/mol. The number of ether oxygens (including phenoxy) is 2. The van der Waals surface area contributed by atoms with E-state index in [4.69, 9.17) is 15.2 Å². The van der Waals surface area contributed by atoms with Crippen molar-refractivity contribution in [2.45, 2.75) is 0 Å². The molecule has 3 N–H and O–H groups in total. The predicted molar refractivity (Wildman–Crippen MR) is 62.3 cm³/mol. The van der Waals surface area contributed by atoms with Gasteiger partial charge in [0, 0.05) is 4.47 Å². The summed E-state index contributed by atoms with van der Waals surface area (Å²) in [5.41, 5.74) is 5.35. The van der Waals surface area contributed by atoms with Crippen LogP contribution in [0.5, 0.6) is 17.2 Å². The molecule has 0 aliphatic heterocycles. The van der Waals surface area contributed by atoms with Gasteiger partial charge in [-0.1, -0.05) is 0 Å². The Balaban J connectivity index is 3.46. The van der Waals surface area contributed by atoms with Crippen LogP contribution >= 0.6 is 15.9 Å². The van der Waals surface area contributed by atoms with Crippen molar-refractivity contribution in [3.8, 4) is 17.2 Å². The summed E-state index contributed by atoms with van der Waals surface area (Å²) in [5, 5.41) is 9.87. The molecule has 0 bridgehead atoms. The van der Waals surface area contributed by atoms with E-state index in [-0.39, 0.29) is 29.4 Å². The molecule has 0 fully saturated rings. The third kappa shape index (κ3) is 2.12. The van der Waals surface area contributed by atoms with E-state index in [0.29, 0.717) is 10.2 Å². The van der Waals surface area contributed by atoms with Gasteiger partial charge < -0.3 is 20.3 Å². The molecule has 0 atom stereocenters. The van der Waals surface area contributed by atoms with Crippen LogP contribution in [-0.2, 0) is 0 Å². The molecule has 0 aromatic heterocycles. The number of halogens is 1. The number of Topliss-reactive ketones (excluding diaryl/α,β-unsaturated/α-hetero) is 1. The number of carbonyl (C=O) groups is 1. The number of carbonyl (C=O) groups excluding carboxylic acids is 1. The predicted octanol–water partition coefficient (Wildman–Crippen LogP) is 1.31.